The molecule has 0 saturated carbocycles. The van der Waals surface area contributed by atoms with Crippen molar-refractivity contribution in [3.05, 3.63) is 48.9 Å². The van der Waals surface area contributed by atoms with Crippen molar-refractivity contribution in [1.29, 1.82) is 0 Å². The summed E-state index contributed by atoms with van der Waals surface area (Å²) in [5.74, 6) is 0.750. The van der Waals surface area contributed by atoms with Gasteiger partial charge in [0.25, 0.3) is 0 Å². The van der Waals surface area contributed by atoms with Gasteiger partial charge in [-0.15, -0.1) is 5.10 Å². The van der Waals surface area contributed by atoms with Crippen LogP contribution in [0.25, 0.3) is 21.9 Å². The summed E-state index contributed by atoms with van der Waals surface area (Å²) >= 11 is 0. The molecule has 3 heterocycles. The van der Waals surface area contributed by atoms with Gasteiger partial charge in [0.2, 0.25) is 5.91 Å². The van der Waals surface area contributed by atoms with Gasteiger partial charge in [0, 0.05) is 5.39 Å². The molecule has 0 unspecified atom stereocenters. The van der Waals surface area contributed by atoms with Crippen LogP contribution in [0.15, 0.2) is 48.9 Å². The molecular weight excluding hydrogens is 332 g/mol. The number of hydrogen-bond donors (Lipinski definition) is 3. The lowest BCUT2D eigenvalue weighted by atomic mass is 10.2. The van der Waals surface area contributed by atoms with E-state index in [-0.39, 0.29) is 5.91 Å². The highest BCUT2D eigenvalue weighted by atomic mass is 16.1. The second kappa shape index (κ2) is 6.55. The Bertz CT molecular complexity index is 1130. The van der Waals surface area contributed by atoms with E-state index in [1.165, 1.54) is 12.4 Å². The number of rotatable bonds is 4. The van der Waals surface area contributed by atoms with Gasteiger partial charge in [-0.1, -0.05) is 17.4 Å². The van der Waals surface area contributed by atoms with Crippen molar-refractivity contribution in [2.75, 3.05) is 10.6 Å². The van der Waals surface area contributed by atoms with E-state index in [9.17, 15) is 4.79 Å². The summed E-state index contributed by atoms with van der Waals surface area (Å²) in [5.41, 5.74) is 2.95. The van der Waals surface area contributed by atoms with Gasteiger partial charge in [0.15, 0.2) is 0 Å². The smallest absolute Gasteiger partial charge is 0.249 e. The van der Waals surface area contributed by atoms with E-state index in [0.29, 0.717) is 17.2 Å². The van der Waals surface area contributed by atoms with Crippen LogP contribution < -0.4 is 10.6 Å². The molecule has 128 valence electrons. The minimum absolute atomic E-state index is 0.251. The molecule has 0 spiro atoms. The summed E-state index contributed by atoms with van der Waals surface area (Å²) < 4.78 is 0. The number of amides is 1. The van der Waals surface area contributed by atoms with Gasteiger partial charge >= 0.3 is 0 Å². The number of H-pyrrole nitrogens is 1. The Labute approximate surface area is 147 Å². The normalized spacial score (nSPS) is 11.3. The molecule has 1 amide bonds. The maximum Gasteiger partial charge on any atom is 0.249 e. The lowest BCUT2D eigenvalue weighted by Crippen LogP contribution is -2.09. The number of anilines is 3. The van der Waals surface area contributed by atoms with Gasteiger partial charge in [-0.05, 0) is 31.2 Å². The van der Waals surface area contributed by atoms with Gasteiger partial charge in [0.1, 0.15) is 29.0 Å². The molecule has 9 heteroatoms. The van der Waals surface area contributed by atoms with Crippen LogP contribution in [-0.4, -0.2) is 36.3 Å². The molecule has 26 heavy (non-hydrogen) atoms. The number of benzene rings is 1. The molecule has 3 aromatic heterocycles. The first-order valence-corrected chi connectivity index (χ1v) is 7.86. The maximum absolute atomic E-state index is 11.7. The number of para-hydroxylation sites is 1. The summed E-state index contributed by atoms with van der Waals surface area (Å²) in [6.45, 7) is 1.77. The Morgan fingerprint density at radius 1 is 1.19 bits per heavy atom. The molecule has 0 radical (unpaired) electrons. The van der Waals surface area contributed by atoms with Gasteiger partial charge in [-0.2, -0.15) is 0 Å². The molecule has 0 bridgehead atoms. The first kappa shape index (κ1) is 15.6. The minimum Gasteiger partial charge on any atom is -0.338 e. The predicted molar refractivity (Wildman–Crippen MR) is 97.9 cm³/mol. The highest BCUT2D eigenvalue weighted by molar-refractivity contribution is 6.01. The quantitative estimate of drug-likeness (QED) is 0.485. The Balaban J connectivity index is 1.74. The first-order valence-electron chi connectivity index (χ1n) is 7.86. The summed E-state index contributed by atoms with van der Waals surface area (Å²) in [6.07, 6.45) is 6.13. The number of carbonyl (C=O) groups is 1. The summed E-state index contributed by atoms with van der Waals surface area (Å²) in [4.78, 5) is 24.5. The zero-order valence-corrected chi connectivity index (χ0v) is 13.8. The second-order valence-electron chi connectivity index (χ2n) is 5.43. The molecule has 3 N–H and O–H groups in total. The first-order chi connectivity index (χ1) is 12.7. The van der Waals surface area contributed by atoms with Crippen LogP contribution in [0, 0.1) is 0 Å². The van der Waals surface area contributed by atoms with Crippen molar-refractivity contribution in [2.24, 2.45) is 0 Å². The fourth-order valence-corrected chi connectivity index (χ4v) is 2.55. The Morgan fingerprint density at radius 2 is 2.12 bits per heavy atom. The highest BCUT2D eigenvalue weighted by Crippen LogP contribution is 2.27. The monoisotopic (exact) mass is 346 g/mol. The zero-order chi connectivity index (χ0) is 17.9. The van der Waals surface area contributed by atoms with Crippen LogP contribution >= 0.6 is 0 Å². The molecule has 9 nitrogen and oxygen atoms in total. The van der Waals surface area contributed by atoms with Gasteiger partial charge in [0.05, 0.1) is 17.4 Å². The summed E-state index contributed by atoms with van der Waals surface area (Å²) in [7, 11) is 0. The highest BCUT2D eigenvalue weighted by Gasteiger charge is 2.10. The van der Waals surface area contributed by atoms with Crippen LogP contribution in [0.2, 0.25) is 0 Å². The number of aromatic nitrogens is 6. The average Bonchev–Trinajstić information content (AvgIpc) is 3.12. The molecule has 0 aliphatic rings. The molecule has 0 saturated heterocycles. The number of fused-ring (bicyclic) bond motifs is 2. The van der Waals surface area contributed by atoms with E-state index < -0.39 is 0 Å². The molecule has 1 aromatic carbocycles. The van der Waals surface area contributed by atoms with E-state index in [1.807, 2.05) is 18.2 Å². The largest absolute Gasteiger partial charge is 0.338 e. The Hall–Kier alpha value is -3.88. The third kappa shape index (κ3) is 2.93. The van der Waals surface area contributed by atoms with Crippen molar-refractivity contribution in [3.8, 4) is 0 Å². The van der Waals surface area contributed by atoms with Crippen molar-refractivity contribution in [2.45, 2.75) is 6.92 Å². The molecule has 0 fully saturated rings. The Morgan fingerprint density at radius 3 is 3.00 bits per heavy atom. The van der Waals surface area contributed by atoms with Crippen molar-refractivity contribution in [3.63, 3.8) is 0 Å². The van der Waals surface area contributed by atoms with Crippen LogP contribution in [0.1, 0.15) is 6.92 Å². The lowest BCUT2D eigenvalue weighted by Gasteiger charge is -2.10. The Kier molecular flexibility index (Phi) is 3.94. The van der Waals surface area contributed by atoms with Crippen molar-refractivity contribution >= 4 is 45.2 Å². The number of allylic oxidation sites excluding steroid dienone is 1. The van der Waals surface area contributed by atoms with Crippen LogP contribution in [0.4, 0.5) is 17.3 Å². The van der Waals surface area contributed by atoms with Crippen LogP contribution in [-0.2, 0) is 4.79 Å². The van der Waals surface area contributed by atoms with Gasteiger partial charge in [-0.25, -0.2) is 15.0 Å². The predicted octanol–water partition coefficient (Wildman–Crippen LogP) is 2.55. The molecule has 0 atom stereocenters. The zero-order valence-electron chi connectivity index (χ0n) is 13.8. The number of nitrogens with zero attached hydrogens (tertiary/aromatic N) is 5. The second-order valence-corrected chi connectivity index (χ2v) is 5.43. The molecule has 4 rings (SSSR count). The molecular formula is C17H14N8O. The topological polar surface area (TPSA) is 121 Å². The standard InChI is InChI=1S/C17H14N8O/c1-2-4-15(26)22-14-7-10-13(8-18-14)19-9-20-17(10)21-11-5-3-6-12-16(11)24-25-23-12/h2-9H,1H3,(H,18,22,26)(H,19,20,21)(H,23,24,25). The van der Waals surface area contributed by atoms with E-state index in [0.717, 1.165) is 22.1 Å². The van der Waals surface area contributed by atoms with E-state index in [1.54, 1.807) is 25.3 Å². The third-order valence-corrected chi connectivity index (χ3v) is 3.71. The van der Waals surface area contributed by atoms with Gasteiger partial charge in [-0.3, -0.25) is 9.89 Å². The van der Waals surface area contributed by atoms with Gasteiger partial charge < -0.3 is 10.6 Å². The average molecular weight is 346 g/mol. The minimum atomic E-state index is -0.251. The molecule has 0 aliphatic heterocycles. The van der Waals surface area contributed by atoms with Crippen molar-refractivity contribution < 1.29 is 4.79 Å². The summed E-state index contributed by atoms with van der Waals surface area (Å²) in [5, 5.41) is 17.4. The number of carbonyl (C=O) groups excluding carboxylic acids is 1. The number of nitrogens with one attached hydrogen (secondary N) is 3. The number of pyridine rings is 1. The van der Waals surface area contributed by atoms with E-state index in [4.69, 9.17) is 0 Å². The van der Waals surface area contributed by atoms with Crippen LogP contribution in [0.3, 0.4) is 0 Å². The third-order valence-electron chi connectivity index (χ3n) is 3.71. The van der Waals surface area contributed by atoms with E-state index in [2.05, 4.69) is 41.0 Å². The maximum atomic E-state index is 11.7. The van der Waals surface area contributed by atoms with Crippen molar-refractivity contribution in [1.82, 2.24) is 30.4 Å². The lowest BCUT2D eigenvalue weighted by molar-refractivity contribution is -0.111. The number of hydrogen-bond acceptors (Lipinski definition) is 7. The van der Waals surface area contributed by atoms with E-state index >= 15 is 0 Å². The number of aromatic amines is 1. The summed E-state index contributed by atoms with van der Waals surface area (Å²) in [6, 6.07) is 7.36. The molecule has 0 aliphatic carbocycles. The fourth-order valence-electron chi connectivity index (χ4n) is 2.55. The molecule has 4 aromatic rings. The fraction of sp³-hybridized carbons (Fsp3) is 0.0588. The SMILES string of the molecule is CC=CC(=O)Nc1cc2c(Nc3cccc4nn[nH]c34)ncnc2cn1. The van der Waals surface area contributed by atoms with Crippen LogP contribution in [0.5, 0.6) is 0 Å².